The van der Waals surface area contributed by atoms with Crippen molar-refractivity contribution in [1.82, 2.24) is 4.98 Å². The molecule has 4 N–H and O–H groups in total. The van der Waals surface area contributed by atoms with E-state index in [0.29, 0.717) is 30.4 Å². The Morgan fingerprint density at radius 2 is 2.10 bits per heavy atom. The highest BCUT2D eigenvalue weighted by Crippen LogP contribution is 2.25. The van der Waals surface area contributed by atoms with E-state index in [2.05, 4.69) is 10.3 Å². The number of aliphatic hydroxyl groups excluding tert-OH is 1. The molecule has 1 atom stereocenters. The molecule has 1 rings (SSSR count). The summed E-state index contributed by atoms with van der Waals surface area (Å²) in [5, 5.41) is 12.2. The molecule has 0 aromatic carbocycles. The standard InChI is InChI=1S/C14H25N3O3/c1-14(2,3)20-13-11(15)5-6-12(17-13)16-10(7-8-18)9-19-4/h5-6,10,18H,7-9,15H2,1-4H3,(H,16,17). The zero-order valence-electron chi connectivity index (χ0n) is 12.6. The monoisotopic (exact) mass is 283 g/mol. The molecule has 0 saturated heterocycles. The quantitative estimate of drug-likeness (QED) is 0.705. The van der Waals surface area contributed by atoms with Gasteiger partial charge in [0.1, 0.15) is 11.4 Å². The molecular formula is C14H25N3O3. The Kier molecular flexibility index (Phi) is 6.04. The van der Waals surface area contributed by atoms with Crippen LogP contribution in [-0.2, 0) is 4.74 Å². The maximum atomic E-state index is 9.03. The molecule has 0 bridgehead atoms. The van der Waals surface area contributed by atoms with Crippen LogP contribution in [0.3, 0.4) is 0 Å². The maximum absolute atomic E-state index is 9.03. The van der Waals surface area contributed by atoms with E-state index < -0.39 is 0 Å². The molecular weight excluding hydrogens is 258 g/mol. The summed E-state index contributed by atoms with van der Waals surface area (Å²) in [6.45, 7) is 6.39. The lowest BCUT2D eigenvalue weighted by Crippen LogP contribution is -2.27. The van der Waals surface area contributed by atoms with E-state index in [0.717, 1.165) is 0 Å². The Labute approximate surface area is 120 Å². The topological polar surface area (TPSA) is 89.6 Å². The van der Waals surface area contributed by atoms with Crippen LogP contribution >= 0.6 is 0 Å². The van der Waals surface area contributed by atoms with Crippen molar-refractivity contribution in [3.63, 3.8) is 0 Å². The molecule has 114 valence electrons. The van der Waals surface area contributed by atoms with Crippen LogP contribution in [0.15, 0.2) is 12.1 Å². The predicted molar refractivity (Wildman–Crippen MR) is 80.0 cm³/mol. The van der Waals surface area contributed by atoms with Crippen molar-refractivity contribution in [2.45, 2.75) is 38.8 Å². The molecule has 0 radical (unpaired) electrons. The summed E-state index contributed by atoms with van der Waals surface area (Å²) in [4.78, 5) is 4.37. The van der Waals surface area contributed by atoms with Gasteiger partial charge in [0.05, 0.1) is 18.3 Å². The average Bonchev–Trinajstić information content (AvgIpc) is 2.32. The van der Waals surface area contributed by atoms with Gasteiger partial charge in [-0.05, 0) is 39.3 Å². The van der Waals surface area contributed by atoms with Crippen LogP contribution in [-0.4, -0.2) is 42.1 Å². The molecule has 1 heterocycles. The van der Waals surface area contributed by atoms with Crippen molar-refractivity contribution in [2.75, 3.05) is 31.4 Å². The zero-order valence-corrected chi connectivity index (χ0v) is 12.6. The molecule has 0 aliphatic heterocycles. The van der Waals surface area contributed by atoms with Crippen LogP contribution < -0.4 is 15.8 Å². The molecule has 6 nitrogen and oxygen atoms in total. The molecule has 20 heavy (non-hydrogen) atoms. The first kappa shape index (κ1) is 16.5. The number of hydrogen-bond donors (Lipinski definition) is 3. The minimum atomic E-state index is -0.364. The van der Waals surface area contributed by atoms with Crippen molar-refractivity contribution >= 4 is 11.5 Å². The Bertz CT molecular complexity index is 413. The molecule has 0 aliphatic carbocycles. The number of anilines is 2. The van der Waals surface area contributed by atoms with E-state index in [9.17, 15) is 0 Å². The van der Waals surface area contributed by atoms with Crippen molar-refractivity contribution < 1.29 is 14.6 Å². The lowest BCUT2D eigenvalue weighted by Gasteiger charge is -2.23. The third kappa shape index (κ3) is 5.63. The van der Waals surface area contributed by atoms with Gasteiger partial charge in [0.15, 0.2) is 0 Å². The smallest absolute Gasteiger partial charge is 0.239 e. The average molecular weight is 283 g/mol. The third-order valence-electron chi connectivity index (χ3n) is 2.49. The van der Waals surface area contributed by atoms with Gasteiger partial charge in [0.2, 0.25) is 5.88 Å². The summed E-state index contributed by atoms with van der Waals surface area (Å²) in [7, 11) is 1.62. The number of nitrogens with two attached hydrogens (primary N) is 1. The number of rotatable bonds is 7. The molecule has 0 spiro atoms. The Balaban J connectivity index is 2.82. The second-order valence-electron chi connectivity index (χ2n) is 5.61. The fourth-order valence-electron chi connectivity index (χ4n) is 1.67. The highest BCUT2D eigenvalue weighted by atomic mass is 16.5. The van der Waals surface area contributed by atoms with Crippen molar-refractivity contribution in [3.05, 3.63) is 12.1 Å². The highest BCUT2D eigenvalue weighted by Gasteiger charge is 2.16. The summed E-state index contributed by atoms with van der Waals surface area (Å²) < 4.78 is 10.8. The normalized spacial score (nSPS) is 13.1. The number of pyridine rings is 1. The molecule has 0 saturated carbocycles. The van der Waals surface area contributed by atoms with E-state index in [1.54, 1.807) is 19.2 Å². The highest BCUT2D eigenvalue weighted by molar-refractivity contribution is 5.54. The summed E-state index contributed by atoms with van der Waals surface area (Å²) in [6.07, 6.45) is 0.579. The van der Waals surface area contributed by atoms with Gasteiger partial charge in [0.25, 0.3) is 0 Å². The van der Waals surface area contributed by atoms with E-state index >= 15 is 0 Å². The zero-order chi connectivity index (χ0) is 15.2. The molecule has 0 aliphatic rings. The summed E-state index contributed by atoms with van der Waals surface area (Å²) in [6, 6.07) is 3.52. The minimum Gasteiger partial charge on any atom is -0.470 e. The molecule has 1 aromatic heterocycles. The van der Waals surface area contributed by atoms with Crippen molar-refractivity contribution in [2.24, 2.45) is 0 Å². The number of nitrogen functional groups attached to an aromatic ring is 1. The lowest BCUT2D eigenvalue weighted by atomic mass is 10.2. The largest absolute Gasteiger partial charge is 0.470 e. The first-order valence-electron chi connectivity index (χ1n) is 6.67. The van der Waals surface area contributed by atoms with Crippen LogP contribution in [0.2, 0.25) is 0 Å². The predicted octanol–water partition coefficient (Wildman–Crippen LogP) is 1.65. The van der Waals surface area contributed by atoms with Gasteiger partial charge in [-0.15, -0.1) is 0 Å². The molecule has 6 heteroatoms. The lowest BCUT2D eigenvalue weighted by molar-refractivity contribution is 0.125. The van der Waals surface area contributed by atoms with Crippen LogP contribution in [0, 0.1) is 0 Å². The van der Waals surface area contributed by atoms with Gasteiger partial charge >= 0.3 is 0 Å². The van der Waals surface area contributed by atoms with Gasteiger partial charge in [-0.2, -0.15) is 4.98 Å². The van der Waals surface area contributed by atoms with Gasteiger partial charge in [0, 0.05) is 13.7 Å². The van der Waals surface area contributed by atoms with Crippen LogP contribution in [0.1, 0.15) is 27.2 Å². The molecule has 1 aromatic rings. The summed E-state index contributed by atoms with van der Waals surface area (Å²) in [5.41, 5.74) is 6.00. The first-order chi connectivity index (χ1) is 9.35. The second kappa shape index (κ2) is 7.31. The van der Waals surface area contributed by atoms with Crippen LogP contribution in [0.5, 0.6) is 5.88 Å². The van der Waals surface area contributed by atoms with Crippen LogP contribution in [0.25, 0.3) is 0 Å². The fraction of sp³-hybridized carbons (Fsp3) is 0.643. The number of nitrogens with one attached hydrogen (secondary N) is 1. The maximum Gasteiger partial charge on any atom is 0.239 e. The van der Waals surface area contributed by atoms with E-state index in [1.807, 2.05) is 20.8 Å². The van der Waals surface area contributed by atoms with E-state index in [-0.39, 0.29) is 18.2 Å². The van der Waals surface area contributed by atoms with Crippen molar-refractivity contribution in [1.29, 1.82) is 0 Å². The number of hydrogen-bond acceptors (Lipinski definition) is 6. The van der Waals surface area contributed by atoms with Gasteiger partial charge in [-0.1, -0.05) is 0 Å². The summed E-state index contributed by atoms with van der Waals surface area (Å²) >= 11 is 0. The Hall–Kier alpha value is -1.53. The number of aromatic nitrogens is 1. The third-order valence-corrected chi connectivity index (χ3v) is 2.49. The second-order valence-corrected chi connectivity index (χ2v) is 5.61. The first-order valence-corrected chi connectivity index (χ1v) is 6.67. The fourth-order valence-corrected chi connectivity index (χ4v) is 1.67. The number of nitrogens with zero attached hydrogens (tertiary/aromatic N) is 1. The number of aliphatic hydroxyl groups is 1. The Morgan fingerprint density at radius 1 is 1.40 bits per heavy atom. The number of methoxy groups -OCH3 is 1. The SMILES string of the molecule is COCC(CCO)Nc1ccc(N)c(OC(C)(C)C)n1. The summed E-state index contributed by atoms with van der Waals surface area (Å²) in [5.74, 6) is 1.05. The molecule has 1 unspecified atom stereocenters. The van der Waals surface area contributed by atoms with Gasteiger partial charge in [-0.25, -0.2) is 0 Å². The van der Waals surface area contributed by atoms with Gasteiger partial charge in [-0.3, -0.25) is 0 Å². The molecule has 0 amide bonds. The van der Waals surface area contributed by atoms with Crippen molar-refractivity contribution in [3.8, 4) is 5.88 Å². The Morgan fingerprint density at radius 3 is 2.65 bits per heavy atom. The van der Waals surface area contributed by atoms with Crippen LogP contribution in [0.4, 0.5) is 11.5 Å². The number of ether oxygens (including phenoxy) is 2. The molecule has 0 fully saturated rings. The van der Waals surface area contributed by atoms with E-state index in [1.165, 1.54) is 0 Å². The minimum absolute atomic E-state index is 0.0105. The van der Waals surface area contributed by atoms with Gasteiger partial charge < -0.3 is 25.6 Å². The van der Waals surface area contributed by atoms with E-state index in [4.69, 9.17) is 20.3 Å².